The van der Waals surface area contributed by atoms with Gasteiger partial charge < -0.3 is 4.90 Å². The van der Waals surface area contributed by atoms with Crippen LogP contribution in [0, 0.1) is 0 Å². The lowest BCUT2D eigenvalue weighted by Crippen LogP contribution is -2.48. The molecule has 0 radical (unpaired) electrons. The van der Waals surface area contributed by atoms with Crippen LogP contribution < -0.4 is 0 Å². The number of piperazine rings is 1. The Morgan fingerprint density at radius 2 is 1.72 bits per heavy atom. The predicted octanol–water partition coefficient (Wildman–Crippen LogP) is 3.82. The third-order valence-electron chi connectivity index (χ3n) is 4.42. The van der Waals surface area contributed by atoms with Gasteiger partial charge in [0.1, 0.15) is 0 Å². The minimum absolute atomic E-state index is 0.0252. The predicted molar refractivity (Wildman–Crippen MR) is 104 cm³/mol. The number of benzene rings is 1. The van der Waals surface area contributed by atoms with Crippen LogP contribution in [0.1, 0.15) is 28.1 Å². The molecule has 1 aliphatic heterocycles. The molecule has 0 bridgehead atoms. The number of ketones is 1. The molecule has 0 atom stereocenters. The van der Waals surface area contributed by atoms with Crippen molar-refractivity contribution < 1.29 is 9.59 Å². The SMILES string of the molecule is O=C(CCC(=O)N1CCN(Cc2cccs2)CC1)c1ccc(Br)cc1. The van der Waals surface area contributed by atoms with E-state index in [1.54, 1.807) is 23.5 Å². The molecule has 0 spiro atoms. The average molecular weight is 421 g/mol. The van der Waals surface area contributed by atoms with Gasteiger partial charge in [-0.05, 0) is 23.6 Å². The Hall–Kier alpha value is -1.50. The van der Waals surface area contributed by atoms with Gasteiger partial charge in [0.15, 0.2) is 5.78 Å². The van der Waals surface area contributed by atoms with Crippen molar-refractivity contribution in [2.24, 2.45) is 0 Å². The molecule has 132 valence electrons. The average Bonchev–Trinajstić information content (AvgIpc) is 3.13. The highest BCUT2D eigenvalue weighted by Gasteiger charge is 2.21. The highest BCUT2D eigenvalue weighted by atomic mass is 79.9. The summed E-state index contributed by atoms with van der Waals surface area (Å²) in [6.07, 6.45) is 0.565. The summed E-state index contributed by atoms with van der Waals surface area (Å²) in [5.74, 6) is 0.110. The molecular formula is C19H21BrN2O2S. The van der Waals surface area contributed by atoms with E-state index in [1.807, 2.05) is 17.0 Å². The maximum Gasteiger partial charge on any atom is 0.223 e. The quantitative estimate of drug-likeness (QED) is 0.666. The summed E-state index contributed by atoms with van der Waals surface area (Å²) in [6, 6.07) is 11.5. The van der Waals surface area contributed by atoms with Crippen LogP contribution in [0.25, 0.3) is 0 Å². The summed E-state index contributed by atoms with van der Waals surface area (Å²) < 4.78 is 0.945. The van der Waals surface area contributed by atoms with Crippen molar-refractivity contribution in [3.63, 3.8) is 0 Å². The van der Waals surface area contributed by atoms with Gasteiger partial charge in [0.05, 0.1) is 0 Å². The van der Waals surface area contributed by atoms with E-state index in [4.69, 9.17) is 0 Å². The number of hydrogen-bond donors (Lipinski definition) is 0. The van der Waals surface area contributed by atoms with Crippen LogP contribution in [0.5, 0.6) is 0 Å². The molecule has 3 rings (SSSR count). The fourth-order valence-corrected chi connectivity index (χ4v) is 3.95. The number of carbonyl (C=O) groups is 2. The summed E-state index contributed by atoms with van der Waals surface area (Å²) >= 11 is 5.13. The first kappa shape index (κ1) is 18.3. The highest BCUT2D eigenvalue weighted by Crippen LogP contribution is 2.15. The molecule has 1 fully saturated rings. The fraction of sp³-hybridized carbons (Fsp3) is 0.368. The largest absolute Gasteiger partial charge is 0.340 e. The third-order valence-corrected chi connectivity index (χ3v) is 5.81. The summed E-state index contributed by atoms with van der Waals surface area (Å²) in [5.41, 5.74) is 0.664. The van der Waals surface area contributed by atoms with Crippen LogP contribution in [0.3, 0.4) is 0 Å². The summed E-state index contributed by atoms with van der Waals surface area (Å²) in [6.45, 7) is 4.24. The first-order valence-electron chi connectivity index (χ1n) is 8.43. The van der Waals surface area contributed by atoms with Gasteiger partial charge in [-0.15, -0.1) is 11.3 Å². The molecule has 0 saturated carbocycles. The minimum Gasteiger partial charge on any atom is -0.340 e. The van der Waals surface area contributed by atoms with Crippen LogP contribution in [0.15, 0.2) is 46.3 Å². The third kappa shape index (κ3) is 5.23. The Bertz CT molecular complexity index is 708. The summed E-state index contributed by atoms with van der Waals surface area (Å²) in [7, 11) is 0. The van der Waals surface area contributed by atoms with Crippen molar-refractivity contribution in [2.75, 3.05) is 26.2 Å². The zero-order chi connectivity index (χ0) is 17.6. The molecule has 6 heteroatoms. The monoisotopic (exact) mass is 420 g/mol. The lowest BCUT2D eigenvalue weighted by Gasteiger charge is -2.34. The lowest BCUT2D eigenvalue weighted by molar-refractivity contribution is -0.132. The first-order chi connectivity index (χ1) is 12.1. The molecule has 0 N–H and O–H groups in total. The Labute approximate surface area is 160 Å². The maximum atomic E-state index is 12.4. The van der Waals surface area contributed by atoms with E-state index in [-0.39, 0.29) is 18.1 Å². The van der Waals surface area contributed by atoms with E-state index >= 15 is 0 Å². The Morgan fingerprint density at radius 1 is 1.00 bits per heavy atom. The zero-order valence-electron chi connectivity index (χ0n) is 14.0. The second-order valence-corrected chi connectivity index (χ2v) is 8.11. The van der Waals surface area contributed by atoms with Gasteiger partial charge in [-0.2, -0.15) is 0 Å². The van der Waals surface area contributed by atoms with E-state index in [0.29, 0.717) is 12.0 Å². The van der Waals surface area contributed by atoms with Crippen LogP contribution in [-0.2, 0) is 11.3 Å². The molecule has 2 heterocycles. The van der Waals surface area contributed by atoms with Crippen LogP contribution in [0.2, 0.25) is 0 Å². The van der Waals surface area contributed by atoms with Crippen molar-refractivity contribution in [1.82, 2.24) is 9.80 Å². The van der Waals surface area contributed by atoms with Gasteiger partial charge in [-0.3, -0.25) is 14.5 Å². The fourth-order valence-electron chi connectivity index (χ4n) is 2.94. The second-order valence-electron chi connectivity index (χ2n) is 6.17. The molecule has 2 aromatic rings. The second kappa shape index (κ2) is 8.74. The molecule has 0 aliphatic carbocycles. The topological polar surface area (TPSA) is 40.6 Å². The van der Waals surface area contributed by atoms with E-state index in [0.717, 1.165) is 37.2 Å². The number of carbonyl (C=O) groups excluding carboxylic acids is 2. The highest BCUT2D eigenvalue weighted by molar-refractivity contribution is 9.10. The smallest absolute Gasteiger partial charge is 0.223 e. The van der Waals surface area contributed by atoms with Gasteiger partial charge in [-0.1, -0.05) is 34.1 Å². The van der Waals surface area contributed by atoms with E-state index in [2.05, 4.69) is 38.3 Å². The number of halogens is 1. The number of nitrogens with zero attached hydrogens (tertiary/aromatic N) is 2. The molecular weight excluding hydrogens is 400 g/mol. The van der Waals surface area contributed by atoms with Crippen LogP contribution in [-0.4, -0.2) is 47.7 Å². The van der Waals surface area contributed by atoms with Crippen molar-refractivity contribution in [1.29, 1.82) is 0 Å². The van der Waals surface area contributed by atoms with Crippen LogP contribution >= 0.6 is 27.3 Å². The molecule has 1 aromatic heterocycles. The van der Waals surface area contributed by atoms with Crippen molar-refractivity contribution in [3.05, 3.63) is 56.7 Å². The van der Waals surface area contributed by atoms with Crippen molar-refractivity contribution >= 4 is 39.0 Å². The molecule has 4 nitrogen and oxygen atoms in total. The minimum atomic E-state index is 0.0252. The summed E-state index contributed by atoms with van der Waals surface area (Å²) in [4.78, 5) is 30.2. The lowest BCUT2D eigenvalue weighted by atomic mass is 10.1. The summed E-state index contributed by atoms with van der Waals surface area (Å²) in [5, 5.41) is 2.09. The Kier molecular flexibility index (Phi) is 6.39. The first-order valence-corrected chi connectivity index (χ1v) is 10.1. The number of hydrogen-bond acceptors (Lipinski definition) is 4. The van der Waals surface area contributed by atoms with E-state index in [1.165, 1.54) is 4.88 Å². The molecule has 1 amide bonds. The van der Waals surface area contributed by atoms with Gasteiger partial charge in [0, 0.05) is 60.5 Å². The Morgan fingerprint density at radius 3 is 2.36 bits per heavy atom. The van der Waals surface area contributed by atoms with Gasteiger partial charge in [0.2, 0.25) is 5.91 Å². The van der Waals surface area contributed by atoms with E-state index < -0.39 is 0 Å². The number of Topliss-reactive ketones (excluding diaryl/α,β-unsaturated/α-hetero) is 1. The molecule has 25 heavy (non-hydrogen) atoms. The molecule has 1 aliphatic rings. The number of thiophene rings is 1. The molecule has 1 saturated heterocycles. The normalized spacial score (nSPS) is 15.3. The van der Waals surface area contributed by atoms with Gasteiger partial charge >= 0.3 is 0 Å². The van der Waals surface area contributed by atoms with Crippen LogP contribution in [0.4, 0.5) is 0 Å². The molecule has 0 unspecified atom stereocenters. The number of amides is 1. The van der Waals surface area contributed by atoms with Gasteiger partial charge in [-0.25, -0.2) is 0 Å². The zero-order valence-corrected chi connectivity index (χ0v) is 16.4. The maximum absolute atomic E-state index is 12.4. The van der Waals surface area contributed by atoms with E-state index in [9.17, 15) is 9.59 Å². The number of rotatable bonds is 6. The molecule has 1 aromatic carbocycles. The Balaban J connectivity index is 1.42. The standard InChI is InChI=1S/C19H21BrN2O2S/c20-16-5-3-15(4-6-16)18(23)7-8-19(24)22-11-9-21(10-12-22)14-17-2-1-13-25-17/h1-6,13H,7-12,14H2. The van der Waals surface area contributed by atoms with Crippen molar-refractivity contribution in [3.8, 4) is 0 Å². The van der Waals surface area contributed by atoms with Crippen molar-refractivity contribution in [2.45, 2.75) is 19.4 Å². The van der Waals surface area contributed by atoms with Gasteiger partial charge in [0.25, 0.3) is 0 Å².